The van der Waals surface area contributed by atoms with Crippen LogP contribution in [0.15, 0.2) is 53.7 Å². The number of pyridine rings is 1. The number of aromatic carboxylic acids is 2. The van der Waals surface area contributed by atoms with E-state index in [4.69, 9.17) is 0 Å². The van der Waals surface area contributed by atoms with Crippen molar-refractivity contribution in [2.45, 2.75) is 37.8 Å². The zero-order chi connectivity index (χ0) is 25.3. The molecule has 0 bridgehead atoms. The molecule has 10 nitrogen and oxygen atoms in total. The number of aromatic nitrogens is 4. The van der Waals surface area contributed by atoms with Crippen LogP contribution in [0.5, 0.6) is 0 Å². The van der Waals surface area contributed by atoms with Gasteiger partial charge in [0.25, 0.3) is 0 Å². The maximum atomic E-state index is 12.2. The van der Waals surface area contributed by atoms with E-state index in [1.165, 1.54) is 8.97 Å². The van der Waals surface area contributed by atoms with Crippen LogP contribution in [-0.2, 0) is 22.8 Å². The van der Waals surface area contributed by atoms with Gasteiger partial charge in [-0.2, -0.15) is 0 Å². The molecule has 0 spiro atoms. The number of imidazole rings is 2. The second-order valence-electron chi connectivity index (χ2n) is 8.19. The average Bonchev–Trinajstić information content (AvgIpc) is 3.37. The fourth-order valence-electron chi connectivity index (χ4n) is 3.99. The number of carbonyl (C=O) groups is 2. The predicted molar refractivity (Wildman–Crippen MR) is 128 cm³/mol. The van der Waals surface area contributed by atoms with Gasteiger partial charge in [-0.25, -0.2) is 28.0 Å². The summed E-state index contributed by atoms with van der Waals surface area (Å²) in [7, 11) is -3.84. The Kier molecular flexibility index (Phi) is 6.44. The molecule has 35 heavy (non-hydrogen) atoms. The van der Waals surface area contributed by atoms with Crippen LogP contribution in [0, 0.1) is 0 Å². The summed E-state index contributed by atoms with van der Waals surface area (Å²) in [6, 6.07) is 12.1. The summed E-state index contributed by atoms with van der Waals surface area (Å²) >= 11 is 0. The van der Waals surface area contributed by atoms with Crippen molar-refractivity contribution in [2.24, 2.45) is 0 Å². The van der Waals surface area contributed by atoms with Crippen LogP contribution in [0.1, 0.15) is 52.1 Å². The molecular weight excluding hydrogens is 472 g/mol. The molecule has 3 aromatic heterocycles. The summed E-state index contributed by atoms with van der Waals surface area (Å²) in [6.45, 7) is 2.08. The van der Waals surface area contributed by atoms with Crippen molar-refractivity contribution in [3.63, 3.8) is 0 Å². The normalized spacial score (nSPS) is 11.7. The largest absolute Gasteiger partial charge is 0.476 e. The first kappa shape index (κ1) is 24.1. The average molecular weight is 497 g/mol. The minimum Gasteiger partial charge on any atom is -0.476 e. The number of aryl methyl sites for hydroxylation is 1. The van der Waals surface area contributed by atoms with Gasteiger partial charge in [0.2, 0.25) is 0 Å². The molecular formula is C24H24N4O6S. The highest BCUT2D eigenvalue weighted by atomic mass is 32.2. The molecule has 0 fully saturated rings. The van der Waals surface area contributed by atoms with Crippen molar-refractivity contribution in [2.75, 3.05) is 6.26 Å². The van der Waals surface area contributed by atoms with Crippen LogP contribution in [0.3, 0.4) is 0 Å². The number of nitrogens with zero attached hydrogens (tertiary/aromatic N) is 4. The molecule has 2 N–H and O–H groups in total. The highest BCUT2D eigenvalue weighted by Gasteiger charge is 2.28. The third-order valence-electron chi connectivity index (χ3n) is 5.62. The van der Waals surface area contributed by atoms with Gasteiger partial charge in [0.05, 0.1) is 0 Å². The van der Waals surface area contributed by atoms with Crippen molar-refractivity contribution in [1.82, 2.24) is 18.9 Å². The molecule has 1 aromatic carbocycles. The van der Waals surface area contributed by atoms with Gasteiger partial charge >= 0.3 is 11.9 Å². The van der Waals surface area contributed by atoms with Crippen LogP contribution in [0.4, 0.5) is 0 Å². The Morgan fingerprint density at radius 1 is 0.971 bits per heavy atom. The van der Waals surface area contributed by atoms with Crippen molar-refractivity contribution in [3.8, 4) is 11.3 Å². The Hall–Kier alpha value is -3.99. The molecule has 4 rings (SSSR count). The molecule has 0 radical (unpaired) electrons. The van der Waals surface area contributed by atoms with E-state index in [2.05, 4.69) is 9.97 Å². The maximum absolute atomic E-state index is 12.2. The summed E-state index contributed by atoms with van der Waals surface area (Å²) in [6.07, 6.45) is 4.58. The zero-order valence-corrected chi connectivity index (χ0v) is 20.0. The number of unbranched alkanes of at least 4 members (excludes halogenated alkanes) is 1. The van der Waals surface area contributed by atoms with E-state index in [9.17, 15) is 28.2 Å². The van der Waals surface area contributed by atoms with E-state index in [0.29, 0.717) is 34.7 Å². The van der Waals surface area contributed by atoms with E-state index in [1.807, 2.05) is 6.92 Å². The summed E-state index contributed by atoms with van der Waals surface area (Å²) in [4.78, 5) is 32.5. The standard InChI is InChI=1S/C24H24N4O6S/c1-3-4-7-18-26-22(35(2,33)34)21(24(31)32)28(18)14-15-9-11-16(12-10-15)19-20(23(29)30)27-13-6-5-8-17(27)25-19/h5-6,8-13H,3-4,7,14H2,1-2H3,(H,29,30)(H,31,32). The zero-order valence-electron chi connectivity index (χ0n) is 19.2. The third kappa shape index (κ3) is 4.67. The number of fused-ring (bicyclic) bond motifs is 1. The number of hydrogen-bond acceptors (Lipinski definition) is 6. The summed E-state index contributed by atoms with van der Waals surface area (Å²) < 4.78 is 27.4. The minimum atomic E-state index is -3.84. The Morgan fingerprint density at radius 3 is 2.26 bits per heavy atom. The van der Waals surface area contributed by atoms with E-state index in [0.717, 1.165) is 19.1 Å². The minimum absolute atomic E-state index is 0.0377. The molecule has 0 aliphatic heterocycles. The molecule has 11 heteroatoms. The molecule has 4 aromatic rings. The van der Waals surface area contributed by atoms with Crippen LogP contribution in [-0.4, -0.2) is 55.8 Å². The molecule has 182 valence electrons. The third-order valence-corrected chi connectivity index (χ3v) is 6.61. The van der Waals surface area contributed by atoms with Crippen LogP contribution in [0.2, 0.25) is 0 Å². The maximum Gasteiger partial charge on any atom is 0.355 e. The van der Waals surface area contributed by atoms with Gasteiger partial charge in [0.1, 0.15) is 17.2 Å². The topological polar surface area (TPSA) is 144 Å². The van der Waals surface area contributed by atoms with Crippen LogP contribution in [0.25, 0.3) is 16.9 Å². The Bertz CT molecular complexity index is 1530. The van der Waals surface area contributed by atoms with Crippen molar-refractivity contribution < 1.29 is 28.2 Å². The fourth-order valence-corrected chi connectivity index (χ4v) is 4.81. The van der Waals surface area contributed by atoms with Crippen molar-refractivity contribution >= 4 is 27.4 Å². The van der Waals surface area contributed by atoms with Gasteiger partial charge in [-0.15, -0.1) is 0 Å². The van der Waals surface area contributed by atoms with Crippen LogP contribution < -0.4 is 0 Å². The molecule has 3 heterocycles. The first-order valence-corrected chi connectivity index (χ1v) is 12.8. The first-order valence-electron chi connectivity index (χ1n) is 10.9. The summed E-state index contributed by atoms with van der Waals surface area (Å²) in [5.74, 6) is -2.09. The van der Waals surface area contributed by atoms with Gasteiger partial charge in [0.15, 0.2) is 26.3 Å². The molecule has 0 saturated carbocycles. The SMILES string of the molecule is CCCCc1nc(S(C)(=O)=O)c(C(=O)O)n1Cc1ccc(-c2nc3ccccn3c2C(=O)O)cc1. The number of carboxylic acid groups (broad SMARTS) is 2. The lowest BCUT2D eigenvalue weighted by Gasteiger charge is -2.11. The van der Waals surface area contributed by atoms with E-state index < -0.39 is 26.8 Å². The first-order chi connectivity index (χ1) is 16.6. The highest BCUT2D eigenvalue weighted by molar-refractivity contribution is 7.90. The van der Waals surface area contributed by atoms with E-state index in [-0.39, 0.29) is 17.9 Å². The lowest BCUT2D eigenvalue weighted by Crippen LogP contribution is -2.15. The lowest BCUT2D eigenvalue weighted by molar-refractivity contribution is 0.0673. The van der Waals surface area contributed by atoms with Crippen LogP contribution >= 0.6 is 0 Å². The number of benzene rings is 1. The van der Waals surface area contributed by atoms with Gasteiger partial charge in [-0.05, 0) is 24.1 Å². The van der Waals surface area contributed by atoms with Crippen molar-refractivity contribution in [3.05, 3.63) is 71.4 Å². The van der Waals surface area contributed by atoms with E-state index in [1.54, 1.807) is 48.7 Å². The Labute approximate surface area is 201 Å². The quantitative estimate of drug-likeness (QED) is 0.359. The molecule has 0 saturated heterocycles. The van der Waals surface area contributed by atoms with Gasteiger partial charge in [-0.1, -0.05) is 43.7 Å². The lowest BCUT2D eigenvalue weighted by atomic mass is 10.1. The van der Waals surface area contributed by atoms with Crippen molar-refractivity contribution in [1.29, 1.82) is 0 Å². The second kappa shape index (κ2) is 9.34. The predicted octanol–water partition coefficient (Wildman–Crippen LogP) is 3.39. The number of hydrogen-bond donors (Lipinski definition) is 2. The highest BCUT2D eigenvalue weighted by Crippen LogP contribution is 2.26. The molecule has 0 atom stereocenters. The molecule has 0 amide bonds. The molecule has 0 aliphatic carbocycles. The molecule has 0 aliphatic rings. The number of sulfone groups is 1. The summed E-state index contributed by atoms with van der Waals surface area (Å²) in [5.41, 5.74) is 1.77. The van der Waals surface area contributed by atoms with Gasteiger partial charge < -0.3 is 14.8 Å². The smallest absolute Gasteiger partial charge is 0.355 e. The number of carboxylic acids is 2. The van der Waals surface area contributed by atoms with E-state index >= 15 is 0 Å². The fraction of sp³-hybridized carbons (Fsp3) is 0.250. The van der Waals surface area contributed by atoms with Gasteiger partial charge in [-0.3, -0.25) is 4.40 Å². The van der Waals surface area contributed by atoms with Gasteiger partial charge in [0, 0.05) is 31.0 Å². The second-order valence-corrected chi connectivity index (χ2v) is 10.1. The monoisotopic (exact) mass is 496 g/mol. The summed E-state index contributed by atoms with van der Waals surface area (Å²) in [5, 5.41) is 19.1. The Balaban J connectivity index is 1.75. The number of rotatable bonds is 9. The molecule has 0 unspecified atom stereocenters. The Morgan fingerprint density at radius 2 is 1.66 bits per heavy atom.